The summed E-state index contributed by atoms with van der Waals surface area (Å²) in [7, 11) is 2.03. The zero-order chi connectivity index (χ0) is 29.7. The summed E-state index contributed by atoms with van der Waals surface area (Å²) >= 11 is 0. The zero-order valence-corrected chi connectivity index (χ0v) is 25.0. The predicted octanol–water partition coefficient (Wildman–Crippen LogP) is 2.43. The number of aliphatic hydroxyl groups is 1. The van der Waals surface area contributed by atoms with E-state index in [9.17, 15) is 19.5 Å². The summed E-state index contributed by atoms with van der Waals surface area (Å²) in [6.07, 6.45) is 6.87. The first-order chi connectivity index (χ1) is 20.0. The highest BCUT2D eigenvalue weighted by Crippen LogP contribution is 2.49. The first kappa shape index (κ1) is 27.6. The Balaban J connectivity index is 1.25. The van der Waals surface area contributed by atoms with Gasteiger partial charge in [0.15, 0.2) is 0 Å². The van der Waals surface area contributed by atoms with Gasteiger partial charge < -0.3 is 20.3 Å². The molecule has 1 aromatic heterocycles. The van der Waals surface area contributed by atoms with Gasteiger partial charge in [-0.05, 0) is 55.0 Å². The fourth-order valence-electron chi connectivity index (χ4n) is 8.11. The lowest BCUT2D eigenvalue weighted by atomic mass is 9.79. The molecular weight excluding hydrogens is 534 g/mol. The van der Waals surface area contributed by atoms with Crippen molar-refractivity contribution in [3.63, 3.8) is 0 Å². The molecule has 5 heterocycles. The molecule has 2 aromatic rings. The number of aromatic amines is 1. The Morgan fingerprint density at radius 3 is 2.79 bits per heavy atom. The minimum Gasteiger partial charge on any atom is -0.361 e. The third kappa shape index (κ3) is 3.58. The summed E-state index contributed by atoms with van der Waals surface area (Å²) in [5.41, 5.74) is 2.79. The van der Waals surface area contributed by atoms with Gasteiger partial charge in [0.1, 0.15) is 12.1 Å². The third-order valence-corrected chi connectivity index (χ3v) is 10.6. The van der Waals surface area contributed by atoms with Crippen LogP contribution in [-0.4, -0.2) is 92.4 Å². The average Bonchev–Trinajstić information content (AvgIpc) is 3.68. The monoisotopic (exact) mass is 575 g/mol. The lowest BCUT2D eigenvalue weighted by Crippen LogP contribution is -2.72. The molecule has 5 aliphatic rings. The van der Waals surface area contributed by atoms with Gasteiger partial charge in [-0.3, -0.25) is 28.9 Å². The molecule has 3 fully saturated rings. The van der Waals surface area contributed by atoms with Crippen LogP contribution < -0.4 is 5.32 Å². The van der Waals surface area contributed by atoms with Crippen molar-refractivity contribution in [3.8, 4) is 0 Å². The van der Waals surface area contributed by atoms with Crippen LogP contribution in [0, 0.1) is 17.8 Å². The number of amides is 3. The molecule has 0 bridgehead atoms. The molecule has 10 nitrogen and oxygen atoms in total. The van der Waals surface area contributed by atoms with E-state index in [0.29, 0.717) is 25.9 Å². The highest BCUT2D eigenvalue weighted by molar-refractivity contribution is 6.01. The molecule has 1 aromatic carbocycles. The molecule has 3 N–H and O–H groups in total. The van der Waals surface area contributed by atoms with Gasteiger partial charge in [-0.2, -0.15) is 0 Å². The maximum absolute atomic E-state index is 14.4. The van der Waals surface area contributed by atoms with Crippen molar-refractivity contribution in [2.45, 2.75) is 83.1 Å². The molecule has 1 aliphatic carbocycles. The second-order valence-electron chi connectivity index (χ2n) is 13.3. The lowest BCUT2D eigenvalue weighted by Gasteiger charge is -2.50. The molecular formula is C32H41N5O5. The largest absolute Gasteiger partial charge is 0.361 e. The molecule has 3 amide bonds. The van der Waals surface area contributed by atoms with Gasteiger partial charge in [0.2, 0.25) is 17.5 Å². The predicted molar refractivity (Wildman–Crippen MR) is 156 cm³/mol. The van der Waals surface area contributed by atoms with Crippen molar-refractivity contribution in [2.75, 3.05) is 20.1 Å². The summed E-state index contributed by atoms with van der Waals surface area (Å²) in [5, 5.41) is 16.4. The Kier molecular flexibility index (Phi) is 6.18. The van der Waals surface area contributed by atoms with Gasteiger partial charge >= 0.3 is 0 Å². The minimum atomic E-state index is -2.01. The summed E-state index contributed by atoms with van der Waals surface area (Å²) in [6.45, 7) is 8.50. The lowest BCUT2D eigenvalue weighted by molar-refractivity contribution is -0.324. The van der Waals surface area contributed by atoms with E-state index in [1.807, 2.05) is 46.9 Å². The first-order valence-electron chi connectivity index (χ1n) is 15.4. The van der Waals surface area contributed by atoms with Crippen LogP contribution in [0.3, 0.4) is 0 Å². The number of fused-ring (bicyclic) bond motifs is 5. The molecule has 7 atom stereocenters. The highest BCUT2D eigenvalue weighted by atomic mass is 16.7. The standard InChI is InChI=1S/C32H41N5O5/c1-6-18(4)27-29(39)36-12-8-11-25(36)32(41)37(27)30(40)31(42-32,17(2)3)34-28(38)20-13-22-21-9-7-10-23-26(21)19(15-33-23)14-24(22)35(5)16-20/h7,9-10,13,15,17-18,20,24-25,27,33,41H,6,8,11-12,14,16H2,1-5H3,(H,34,38)/t18-,20-,24-,25+,27+,31-,32-/m0/s1. The van der Waals surface area contributed by atoms with Crippen molar-refractivity contribution in [3.05, 3.63) is 41.6 Å². The fourth-order valence-corrected chi connectivity index (χ4v) is 8.11. The van der Waals surface area contributed by atoms with Gasteiger partial charge in [-0.1, -0.05) is 52.3 Å². The van der Waals surface area contributed by atoms with E-state index in [-0.39, 0.29) is 23.8 Å². The van der Waals surface area contributed by atoms with Crippen LogP contribution in [-0.2, 0) is 25.5 Å². The summed E-state index contributed by atoms with van der Waals surface area (Å²) in [6, 6.07) is 4.82. The number of hydrogen-bond donors (Lipinski definition) is 3. The number of carbonyl (C=O) groups excluding carboxylic acids is 3. The highest BCUT2D eigenvalue weighted by Gasteiger charge is 2.72. The number of nitrogens with zero attached hydrogens (tertiary/aromatic N) is 3. The van der Waals surface area contributed by atoms with Gasteiger partial charge in [0.25, 0.3) is 11.8 Å². The number of piperazine rings is 1. The van der Waals surface area contributed by atoms with Crippen LogP contribution in [0.15, 0.2) is 30.5 Å². The van der Waals surface area contributed by atoms with Gasteiger partial charge in [0.05, 0.1) is 5.92 Å². The van der Waals surface area contributed by atoms with E-state index < -0.39 is 41.5 Å². The summed E-state index contributed by atoms with van der Waals surface area (Å²) in [4.78, 5) is 50.8. The Labute approximate surface area is 246 Å². The van der Waals surface area contributed by atoms with Crippen LogP contribution >= 0.6 is 0 Å². The van der Waals surface area contributed by atoms with E-state index >= 15 is 0 Å². The molecule has 0 unspecified atom stereocenters. The summed E-state index contributed by atoms with van der Waals surface area (Å²) in [5.74, 6) is -4.28. The van der Waals surface area contributed by atoms with Crippen LogP contribution in [0.2, 0.25) is 0 Å². The zero-order valence-electron chi connectivity index (χ0n) is 25.0. The van der Waals surface area contributed by atoms with Crippen LogP contribution in [0.25, 0.3) is 16.5 Å². The second-order valence-corrected chi connectivity index (χ2v) is 13.3. The van der Waals surface area contributed by atoms with E-state index in [2.05, 4.69) is 33.5 Å². The minimum absolute atomic E-state index is 0.150. The van der Waals surface area contributed by atoms with E-state index in [4.69, 9.17) is 4.74 Å². The average molecular weight is 576 g/mol. The first-order valence-corrected chi connectivity index (χ1v) is 15.4. The van der Waals surface area contributed by atoms with Crippen LogP contribution in [0.5, 0.6) is 0 Å². The van der Waals surface area contributed by atoms with Gasteiger partial charge in [-0.25, -0.2) is 0 Å². The molecule has 224 valence electrons. The number of carbonyl (C=O) groups is 3. The molecule has 3 saturated heterocycles. The number of aromatic nitrogens is 1. The summed E-state index contributed by atoms with van der Waals surface area (Å²) < 4.78 is 6.45. The number of rotatable bonds is 5. The second kappa shape index (κ2) is 9.39. The number of likely N-dealkylation sites (N-methyl/N-ethyl adjacent to an activating group) is 1. The molecule has 7 rings (SSSR count). The van der Waals surface area contributed by atoms with E-state index in [0.717, 1.165) is 29.5 Å². The van der Waals surface area contributed by atoms with Crippen molar-refractivity contribution in [1.82, 2.24) is 25.0 Å². The van der Waals surface area contributed by atoms with E-state index in [1.165, 1.54) is 15.8 Å². The molecule has 4 aliphatic heterocycles. The van der Waals surface area contributed by atoms with Crippen molar-refractivity contribution >= 4 is 34.2 Å². The quantitative estimate of drug-likeness (QED) is 0.504. The molecule has 10 heteroatoms. The maximum atomic E-state index is 14.4. The Bertz CT molecular complexity index is 1520. The van der Waals surface area contributed by atoms with Crippen LogP contribution in [0.4, 0.5) is 0 Å². The van der Waals surface area contributed by atoms with E-state index in [1.54, 1.807) is 4.90 Å². The molecule has 0 spiro atoms. The number of hydrogen-bond acceptors (Lipinski definition) is 6. The Morgan fingerprint density at radius 2 is 2.05 bits per heavy atom. The normalized spacial score (nSPS) is 34.9. The van der Waals surface area contributed by atoms with Crippen molar-refractivity contribution in [2.24, 2.45) is 17.8 Å². The molecule has 0 radical (unpaired) electrons. The Morgan fingerprint density at radius 1 is 1.26 bits per heavy atom. The van der Waals surface area contributed by atoms with Gasteiger partial charge in [0, 0.05) is 42.1 Å². The number of nitrogens with one attached hydrogen (secondary N) is 2. The topological polar surface area (TPSA) is 118 Å². The third-order valence-electron chi connectivity index (χ3n) is 10.6. The maximum Gasteiger partial charge on any atom is 0.281 e. The SMILES string of the molecule is CC[C@H](C)[C@@H]1C(=O)N2CCC[C@@H]2[C@]2(O)O[C@@](NC(=O)[C@H]3C=C4c5cccc6[nH]cc(c56)C[C@@H]4N(C)C3)(C(C)C)C(=O)N12. The van der Waals surface area contributed by atoms with Crippen LogP contribution in [0.1, 0.15) is 58.1 Å². The van der Waals surface area contributed by atoms with Crippen molar-refractivity contribution in [1.29, 1.82) is 0 Å². The fraction of sp³-hybridized carbons (Fsp3) is 0.594. The molecule has 0 saturated carbocycles. The number of benzene rings is 1. The van der Waals surface area contributed by atoms with Gasteiger partial charge in [-0.15, -0.1) is 0 Å². The smallest absolute Gasteiger partial charge is 0.281 e. The Hall–Kier alpha value is -3.21. The number of ether oxygens (including phenoxy) is 1. The number of H-pyrrole nitrogens is 1. The van der Waals surface area contributed by atoms with Crippen molar-refractivity contribution < 1.29 is 24.2 Å². The molecule has 42 heavy (non-hydrogen) atoms.